The van der Waals surface area contributed by atoms with Crippen LogP contribution in [0.3, 0.4) is 0 Å². The van der Waals surface area contributed by atoms with E-state index in [1.807, 2.05) is 23.6 Å². The van der Waals surface area contributed by atoms with Crippen LogP contribution < -0.4 is 0 Å². The molecule has 0 aliphatic carbocycles. The summed E-state index contributed by atoms with van der Waals surface area (Å²) in [6.07, 6.45) is 1.19. The molecule has 0 aromatic carbocycles. The maximum atomic E-state index is 5.43. The molecule has 0 spiro atoms. The van der Waals surface area contributed by atoms with E-state index in [0.717, 1.165) is 16.9 Å². The highest BCUT2D eigenvalue weighted by Crippen LogP contribution is 2.25. The second kappa shape index (κ2) is 3.29. The number of aryl methyl sites for hydroxylation is 1. The lowest BCUT2D eigenvalue weighted by Crippen LogP contribution is -2.06. The summed E-state index contributed by atoms with van der Waals surface area (Å²) in [6.45, 7) is 3.25. The van der Waals surface area contributed by atoms with Crippen molar-refractivity contribution in [2.24, 2.45) is 0 Å². The van der Waals surface area contributed by atoms with Gasteiger partial charge < -0.3 is 9.47 Å². The molecule has 0 amide bonds. The van der Waals surface area contributed by atoms with E-state index in [2.05, 4.69) is 10.1 Å². The van der Waals surface area contributed by atoms with Crippen LogP contribution in [0.5, 0.6) is 0 Å². The summed E-state index contributed by atoms with van der Waals surface area (Å²) in [6, 6.07) is 3.98. The first-order valence-electron chi connectivity index (χ1n) is 4.89. The Morgan fingerprint density at radius 3 is 2.93 bits per heavy atom. The van der Waals surface area contributed by atoms with Crippen LogP contribution >= 0.6 is 0 Å². The van der Waals surface area contributed by atoms with E-state index in [1.54, 1.807) is 0 Å². The minimum absolute atomic E-state index is 0.343. The standard InChI is InChI=1S/C10H11N3O2/c1-7-2-3-8-9(10-14-4-5-15-10)11-6-12-13(7)8/h2-3,6,10H,4-5H2,1H3. The van der Waals surface area contributed by atoms with Gasteiger partial charge in [0.15, 0.2) is 0 Å². The van der Waals surface area contributed by atoms with Gasteiger partial charge >= 0.3 is 0 Å². The summed E-state index contributed by atoms with van der Waals surface area (Å²) >= 11 is 0. The number of rotatable bonds is 1. The van der Waals surface area contributed by atoms with Crippen molar-refractivity contribution in [3.63, 3.8) is 0 Å². The number of hydrogen-bond acceptors (Lipinski definition) is 4. The Bertz CT molecular complexity index is 488. The first-order chi connectivity index (χ1) is 7.36. The van der Waals surface area contributed by atoms with Crippen LogP contribution in [0, 0.1) is 6.92 Å². The van der Waals surface area contributed by atoms with E-state index in [1.165, 1.54) is 6.33 Å². The van der Waals surface area contributed by atoms with Crippen LogP contribution in [0.15, 0.2) is 18.5 Å². The van der Waals surface area contributed by atoms with Gasteiger partial charge in [0.05, 0.1) is 18.7 Å². The van der Waals surface area contributed by atoms with Gasteiger partial charge in [-0.3, -0.25) is 0 Å². The molecule has 1 aliphatic heterocycles. The normalized spacial score (nSPS) is 17.7. The Morgan fingerprint density at radius 1 is 1.33 bits per heavy atom. The summed E-state index contributed by atoms with van der Waals surface area (Å²) in [4.78, 5) is 4.22. The van der Waals surface area contributed by atoms with Crippen molar-refractivity contribution in [1.82, 2.24) is 14.6 Å². The van der Waals surface area contributed by atoms with E-state index in [0.29, 0.717) is 13.2 Å². The molecule has 3 heterocycles. The van der Waals surface area contributed by atoms with Crippen molar-refractivity contribution < 1.29 is 9.47 Å². The maximum absolute atomic E-state index is 5.43. The van der Waals surface area contributed by atoms with Gasteiger partial charge in [-0.05, 0) is 19.1 Å². The van der Waals surface area contributed by atoms with Crippen LogP contribution in [0.2, 0.25) is 0 Å². The van der Waals surface area contributed by atoms with Crippen molar-refractivity contribution in [2.75, 3.05) is 13.2 Å². The van der Waals surface area contributed by atoms with Gasteiger partial charge in [0, 0.05) is 5.69 Å². The summed E-state index contributed by atoms with van der Waals surface area (Å²) in [7, 11) is 0. The topological polar surface area (TPSA) is 48.7 Å². The number of hydrogen-bond donors (Lipinski definition) is 0. The Labute approximate surface area is 86.6 Å². The molecule has 5 heteroatoms. The molecule has 0 saturated carbocycles. The van der Waals surface area contributed by atoms with Crippen molar-refractivity contribution in [3.05, 3.63) is 29.8 Å². The maximum Gasteiger partial charge on any atom is 0.203 e. The van der Waals surface area contributed by atoms with E-state index in [9.17, 15) is 0 Å². The highest BCUT2D eigenvalue weighted by Gasteiger charge is 2.22. The first-order valence-corrected chi connectivity index (χ1v) is 4.89. The SMILES string of the molecule is Cc1ccc2c(C3OCCO3)ncnn12. The van der Waals surface area contributed by atoms with E-state index in [4.69, 9.17) is 9.47 Å². The molecule has 0 atom stereocenters. The van der Waals surface area contributed by atoms with Crippen molar-refractivity contribution >= 4 is 5.52 Å². The minimum Gasteiger partial charge on any atom is -0.345 e. The number of aromatic nitrogens is 3. The second-order valence-electron chi connectivity index (χ2n) is 3.49. The minimum atomic E-state index is -0.343. The number of ether oxygens (including phenoxy) is 2. The molecule has 5 nitrogen and oxygen atoms in total. The fourth-order valence-electron chi connectivity index (χ4n) is 1.78. The largest absolute Gasteiger partial charge is 0.345 e. The molecule has 1 saturated heterocycles. The van der Waals surface area contributed by atoms with E-state index in [-0.39, 0.29) is 6.29 Å². The van der Waals surface area contributed by atoms with Crippen LogP contribution in [-0.4, -0.2) is 27.8 Å². The Hall–Kier alpha value is -1.46. The van der Waals surface area contributed by atoms with Crippen molar-refractivity contribution in [3.8, 4) is 0 Å². The Kier molecular flexibility index (Phi) is 1.93. The molecule has 0 radical (unpaired) electrons. The van der Waals surface area contributed by atoms with Crippen LogP contribution in [0.25, 0.3) is 5.52 Å². The molecule has 3 rings (SSSR count). The third-order valence-electron chi connectivity index (χ3n) is 2.52. The highest BCUT2D eigenvalue weighted by atomic mass is 16.7. The summed E-state index contributed by atoms with van der Waals surface area (Å²) in [5.74, 6) is 0. The predicted molar refractivity (Wildman–Crippen MR) is 52.4 cm³/mol. The molecule has 0 unspecified atom stereocenters. The Balaban J connectivity index is 2.17. The molecule has 2 aromatic rings. The van der Waals surface area contributed by atoms with Gasteiger partial charge in [-0.15, -0.1) is 0 Å². The van der Waals surface area contributed by atoms with Gasteiger partial charge in [0.1, 0.15) is 12.0 Å². The number of nitrogens with zero attached hydrogens (tertiary/aromatic N) is 3. The first kappa shape index (κ1) is 8.82. The monoisotopic (exact) mass is 205 g/mol. The lowest BCUT2D eigenvalue weighted by molar-refractivity contribution is -0.0464. The average Bonchev–Trinajstić information content (AvgIpc) is 2.88. The molecular formula is C10H11N3O2. The second-order valence-corrected chi connectivity index (χ2v) is 3.49. The van der Waals surface area contributed by atoms with Gasteiger partial charge in [0.2, 0.25) is 6.29 Å². The van der Waals surface area contributed by atoms with Crippen molar-refractivity contribution in [1.29, 1.82) is 0 Å². The van der Waals surface area contributed by atoms with E-state index < -0.39 is 0 Å². The lowest BCUT2D eigenvalue weighted by Gasteiger charge is -2.09. The zero-order chi connectivity index (χ0) is 10.3. The summed E-state index contributed by atoms with van der Waals surface area (Å²) in [5.41, 5.74) is 2.82. The average molecular weight is 205 g/mol. The molecular weight excluding hydrogens is 194 g/mol. The van der Waals surface area contributed by atoms with Crippen LogP contribution in [-0.2, 0) is 9.47 Å². The summed E-state index contributed by atoms with van der Waals surface area (Å²) in [5, 5.41) is 4.17. The third-order valence-corrected chi connectivity index (χ3v) is 2.52. The molecule has 1 aliphatic rings. The van der Waals surface area contributed by atoms with Crippen molar-refractivity contribution in [2.45, 2.75) is 13.2 Å². The quantitative estimate of drug-likeness (QED) is 0.699. The van der Waals surface area contributed by atoms with Gasteiger partial charge in [-0.2, -0.15) is 5.10 Å². The van der Waals surface area contributed by atoms with Crippen LogP contribution in [0.4, 0.5) is 0 Å². The van der Waals surface area contributed by atoms with Gasteiger partial charge in [-0.1, -0.05) is 0 Å². The molecule has 2 aromatic heterocycles. The highest BCUT2D eigenvalue weighted by molar-refractivity contribution is 5.53. The molecule has 15 heavy (non-hydrogen) atoms. The fourth-order valence-corrected chi connectivity index (χ4v) is 1.78. The van der Waals surface area contributed by atoms with Gasteiger partial charge in [-0.25, -0.2) is 9.50 Å². The Morgan fingerprint density at radius 2 is 2.13 bits per heavy atom. The molecule has 1 fully saturated rings. The summed E-state index contributed by atoms with van der Waals surface area (Å²) < 4.78 is 12.7. The third kappa shape index (κ3) is 1.32. The lowest BCUT2D eigenvalue weighted by atomic mass is 10.3. The van der Waals surface area contributed by atoms with Crippen LogP contribution in [0.1, 0.15) is 17.7 Å². The number of fused-ring (bicyclic) bond motifs is 1. The molecule has 0 N–H and O–H groups in total. The molecule has 78 valence electrons. The zero-order valence-corrected chi connectivity index (χ0v) is 8.38. The van der Waals surface area contributed by atoms with Gasteiger partial charge in [0.25, 0.3) is 0 Å². The molecule has 0 bridgehead atoms. The zero-order valence-electron chi connectivity index (χ0n) is 8.38. The van der Waals surface area contributed by atoms with E-state index >= 15 is 0 Å². The fraction of sp³-hybridized carbons (Fsp3) is 0.400. The smallest absolute Gasteiger partial charge is 0.203 e. The predicted octanol–water partition coefficient (Wildman–Crippen LogP) is 1.08.